The smallest absolute Gasteiger partial charge is 0.310 e. The molecule has 0 saturated carbocycles. The predicted molar refractivity (Wildman–Crippen MR) is 52.5 cm³/mol. The minimum atomic E-state index is -0.913. The number of aliphatic carboxylic acids is 1. The molecule has 70 valence electrons. The molecule has 13 heavy (non-hydrogen) atoms. The highest BCUT2D eigenvalue weighted by Gasteiger charge is 2.17. The molecule has 0 aliphatic carbocycles. The Hall–Kier alpha value is -0.730. The summed E-state index contributed by atoms with van der Waals surface area (Å²) in [5.74, 6) is -1.55. The minimum absolute atomic E-state index is 0.319. The van der Waals surface area contributed by atoms with Gasteiger partial charge in [0.1, 0.15) is 0 Å². The Morgan fingerprint density at radius 2 is 2.08 bits per heavy atom. The third-order valence-electron chi connectivity index (χ3n) is 1.82. The molecule has 0 saturated heterocycles. The molecule has 0 spiro atoms. The third kappa shape index (κ3) is 2.14. The summed E-state index contributed by atoms with van der Waals surface area (Å²) in [5, 5.41) is 9.45. The van der Waals surface area contributed by atoms with Gasteiger partial charge in [0, 0.05) is 0 Å². The van der Waals surface area contributed by atoms with Crippen LogP contribution in [0.1, 0.15) is 18.4 Å². The molecule has 0 aliphatic rings. The van der Waals surface area contributed by atoms with Gasteiger partial charge in [-0.2, -0.15) is 0 Å². The van der Waals surface area contributed by atoms with Crippen LogP contribution >= 0.6 is 23.2 Å². The number of carbonyl (C=O) groups is 1. The molecule has 0 radical (unpaired) electrons. The zero-order valence-corrected chi connectivity index (χ0v) is 8.43. The lowest BCUT2D eigenvalue weighted by Crippen LogP contribution is -2.07. The number of benzene rings is 1. The van der Waals surface area contributed by atoms with Gasteiger partial charge in [0.2, 0.25) is 0 Å². The molecule has 1 unspecified atom stereocenters. The summed E-state index contributed by atoms with van der Waals surface area (Å²) >= 11 is 11.6. The van der Waals surface area contributed by atoms with Crippen LogP contribution in [0, 0.1) is 0 Å². The monoisotopic (exact) mass is 218 g/mol. The number of carboxylic acid groups (broad SMARTS) is 1. The van der Waals surface area contributed by atoms with Crippen molar-refractivity contribution in [2.24, 2.45) is 0 Å². The molecular weight excluding hydrogens is 211 g/mol. The van der Waals surface area contributed by atoms with Crippen molar-refractivity contribution in [1.29, 1.82) is 0 Å². The first kappa shape index (κ1) is 10.4. The van der Waals surface area contributed by atoms with Crippen molar-refractivity contribution in [3.63, 3.8) is 0 Å². The van der Waals surface area contributed by atoms with E-state index in [4.69, 9.17) is 28.3 Å². The van der Waals surface area contributed by atoms with Gasteiger partial charge >= 0.3 is 5.97 Å². The number of carboxylic acids is 1. The molecule has 1 aromatic carbocycles. The Labute approximate surface area is 86.1 Å². The molecule has 1 rings (SSSR count). The lowest BCUT2D eigenvalue weighted by Gasteiger charge is -2.09. The van der Waals surface area contributed by atoms with Crippen molar-refractivity contribution in [3.05, 3.63) is 33.8 Å². The Morgan fingerprint density at radius 1 is 1.46 bits per heavy atom. The van der Waals surface area contributed by atoms with Gasteiger partial charge in [-0.25, -0.2) is 0 Å². The molecular formula is C9H8Cl2O2. The van der Waals surface area contributed by atoms with Gasteiger partial charge < -0.3 is 5.11 Å². The van der Waals surface area contributed by atoms with E-state index in [1.807, 2.05) is 0 Å². The summed E-state index contributed by atoms with van der Waals surface area (Å²) in [6.07, 6.45) is 0. The van der Waals surface area contributed by atoms with E-state index in [-0.39, 0.29) is 0 Å². The number of hydrogen-bond acceptors (Lipinski definition) is 1. The summed E-state index contributed by atoms with van der Waals surface area (Å²) in [5.41, 5.74) is 0.543. The lowest BCUT2D eigenvalue weighted by atomic mass is 10.0. The van der Waals surface area contributed by atoms with Crippen LogP contribution < -0.4 is 0 Å². The van der Waals surface area contributed by atoms with Gasteiger partial charge in [0.05, 0.1) is 16.0 Å². The maximum absolute atomic E-state index is 10.7. The first-order valence-electron chi connectivity index (χ1n) is 3.70. The van der Waals surface area contributed by atoms with Crippen molar-refractivity contribution in [2.45, 2.75) is 12.8 Å². The molecule has 1 aromatic rings. The third-order valence-corrected chi connectivity index (χ3v) is 2.65. The fourth-order valence-electron chi connectivity index (χ4n) is 0.988. The SMILES string of the molecule is CC(C(=O)O)c1cccc(Cl)c1Cl. The van der Waals surface area contributed by atoms with Crippen LogP contribution in [0.3, 0.4) is 0 Å². The van der Waals surface area contributed by atoms with Gasteiger partial charge in [-0.3, -0.25) is 4.79 Å². The second-order valence-corrected chi connectivity index (χ2v) is 3.49. The van der Waals surface area contributed by atoms with Crippen LogP contribution in [0.2, 0.25) is 10.0 Å². The van der Waals surface area contributed by atoms with E-state index in [1.165, 1.54) is 0 Å². The van der Waals surface area contributed by atoms with Crippen LogP contribution in [0.5, 0.6) is 0 Å². The second-order valence-electron chi connectivity index (χ2n) is 2.70. The Morgan fingerprint density at radius 3 is 2.62 bits per heavy atom. The molecule has 0 heterocycles. The zero-order chi connectivity index (χ0) is 10.0. The maximum Gasteiger partial charge on any atom is 0.310 e. The molecule has 1 atom stereocenters. The topological polar surface area (TPSA) is 37.3 Å². The largest absolute Gasteiger partial charge is 0.481 e. The van der Waals surface area contributed by atoms with E-state index in [2.05, 4.69) is 0 Å². The van der Waals surface area contributed by atoms with Crippen molar-refractivity contribution >= 4 is 29.2 Å². The summed E-state index contributed by atoms with van der Waals surface area (Å²) in [6, 6.07) is 4.97. The van der Waals surface area contributed by atoms with Crippen LogP contribution in [-0.4, -0.2) is 11.1 Å². The number of halogens is 2. The van der Waals surface area contributed by atoms with Crippen molar-refractivity contribution in [2.75, 3.05) is 0 Å². The predicted octanol–water partition coefficient (Wildman–Crippen LogP) is 3.18. The second kappa shape index (κ2) is 3.99. The van der Waals surface area contributed by atoms with Crippen molar-refractivity contribution in [3.8, 4) is 0 Å². The molecule has 1 N–H and O–H groups in total. The molecule has 4 heteroatoms. The quantitative estimate of drug-likeness (QED) is 0.829. The Bertz CT molecular complexity index is 336. The van der Waals surface area contributed by atoms with Crippen molar-refractivity contribution in [1.82, 2.24) is 0 Å². The van der Waals surface area contributed by atoms with E-state index >= 15 is 0 Å². The average molecular weight is 219 g/mol. The summed E-state index contributed by atoms with van der Waals surface area (Å²) in [6.45, 7) is 1.57. The van der Waals surface area contributed by atoms with Crippen LogP contribution in [0.25, 0.3) is 0 Å². The number of hydrogen-bond donors (Lipinski definition) is 1. The van der Waals surface area contributed by atoms with E-state index < -0.39 is 11.9 Å². The van der Waals surface area contributed by atoms with E-state index in [0.29, 0.717) is 15.6 Å². The summed E-state index contributed by atoms with van der Waals surface area (Å²) in [7, 11) is 0. The Balaban J connectivity index is 3.15. The molecule has 0 fully saturated rings. The van der Waals surface area contributed by atoms with E-state index in [1.54, 1.807) is 25.1 Å². The van der Waals surface area contributed by atoms with Gasteiger partial charge in [0.25, 0.3) is 0 Å². The first-order chi connectivity index (χ1) is 6.04. The summed E-state index contributed by atoms with van der Waals surface area (Å²) < 4.78 is 0. The standard InChI is InChI=1S/C9H8Cl2O2/c1-5(9(12)13)6-3-2-4-7(10)8(6)11/h2-5H,1H3,(H,12,13). The van der Waals surface area contributed by atoms with Crippen molar-refractivity contribution < 1.29 is 9.90 Å². The number of rotatable bonds is 2. The van der Waals surface area contributed by atoms with E-state index in [9.17, 15) is 4.79 Å². The highest BCUT2D eigenvalue weighted by atomic mass is 35.5. The minimum Gasteiger partial charge on any atom is -0.481 e. The normalized spacial score (nSPS) is 12.5. The van der Waals surface area contributed by atoms with Gasteiger partial charge in [-0.15, -0.1) is 0 Å². The van der Waals surface area contributed by atoms with Gasteiger partial charge in [-0.1, -0.05) is 35.3 Å². The fraction of sp³-hybridized carbons (Fsp3) is 0.222. The zero-order valence-electron chi connectivity index (χ0n) is 6.92. The van der Waals surface area contributed by atoms with Gasteiger partial charge in [0.15, 0.2) is 0 Å². The highest BCUT2D eigenvalue weighted by Crippen LogP contribution is 2.30. The lowest BCUT2D eigenvalue weighted by molar-refractivity contribution is -0.138. The average Bonchev–Trinajstić information content (AvgIpc) is 2.08. The Kier molecular flexibility index (Phi) is 3.17. The highest BCUT2D eigenvalue weighted by molar-refractivity contribution is 6.42. The molecule has 0 aliphatic heterocycles. The van der Waals surface area contributed by atoms with Crippen LogP contribution in [-0.2, 0) is 4.79 Å². The molecule has 0 amide bonds. The van der Waals surface area contributed by atoms with Crippen LogP contribution in [0.4, 0.5) is 0 Å². The molecule has 0 bridgehead atoms. The molecule has 2 nitrogen and oxygen atoms in total. The molecule has 0 aromatic heterocycles. The van der Waals surface area contributed by atoms with E-state index in [0.717, 1.165) is 0 Å². The summed E-state index contributed by atoms with van der Waals surface area (Å²) in [4.78, 5) is 10.7. The maximum atomic E-state index is 10.7. The fourth-order valence-corrected chi connectivity index (χ4v) is 1.46. The van der Waals surface area contributed by atoms with Gasteiger partial charge in [-0.05, 0) is 18.6 Å². The van der Waals surface area contributed by atoms with Crippen LogP contribution in [0.15, 0.2) is 18.2 Å². The first-order valence-corrected chi connectivity index (χ1v) is 4.46.